The van der Waals surface area contributed by atoms with Gasteiger partial charge in [-0.2, -0.15) is 0 Å². The van der Waals surface area contributed by atoms with Crippen molar-refractivity contribution in [3.8, 4) is 0 Å². The van der Waals surface area contributed by atoms with Crippen LogP contribution in [-0.2, 0) is 17.1 Å². The maximum Gasteiger partial charge on any atom is 3.00 e. The number of benzene rings is 2. The average molecular weight is 518 g/mol. The van der Waals surface area contributed by atoms with Crippen LogP contribution in [0.5, 0.6) is 0 Å². The van der Waals surface area contributed by atoms with Crippen LogP contribution in [0.25, 0.3) is 0 Å². The summed E-state index contributed by atoms with van der Waals surface area (Å²) in [7, 11) is 0. The van der Waals surface area contributed by atoms with Crippen LogP contribution >= 0.6 is 0 Å². The van der Waals surface area contributed by atoms with Crippen molar-refractivity contribution in [1.29, 1.82) is 0 Å². The molecule has 165 valence electrons. The van der Waals surface area contributed by atoms with Crippen molar-refractivity contribution in [2.45, 2.75) is 34.6 Å². The molecule has 1 heterocycles. The molecule has 3 nitrogen and oxygen atoms in total. The first-order valence-corrected chi connectivity index (χ1v) is 9.14. The Hall–Kier alpha value is -1.68. The van der Waals surface area contributed by atoms with E-state index in [-0.39, 0.29) is 54.3 Å². The van der Waals surface area contributed by atoms with Crippen molar-refractivity contribution in [1.82, 2.24) is 4.98 Å². The zero-order valence-electron chi connectivity index (χ0n) is 18.1. The minimum atomic E-state index is 0. The van der Waals surface area contributed by atoms with Gasteiger partial charge in [0.25, 0.3) is 0 Å². The van der Waals surface area contributed by atoms with Gasteiger partial charge >= 0.3 is 17.1 Å². The summed E-state index contributed by atoms with van der Waals surface area (Å²) in [5, 5.41) is 0. The normalized spacial score (nSPS) is 10.7. The molecule has 0 aliphatic heterocycles. The Kier molecular flexibility index (Phi) is 14.6. The molecule has 3 aromatic rings. The van der Waals surface area contributed by atoms with Crippen molar-refractivity contribution < 1.29 is 54.3 Å². The average Bonchev–Trinajstić information content (AvgIpc) is 2.65. The Morgan fingerprint density at radius 2 is 0.903 bits per heavy atom. The summed E-state index contributed by atoms with van der Waals surface area (Å²) in [5.41, 5.74) is 9.02. The molecule has 0 bridgehead atoms. The minimum Gasteiger partial charge on any atom is -1.00 e. The van der Waals surface area contributed by atoms with Crippen LogP contribution in [0, 0.1) is 20.8 Å². The molecule has 1 aromatic heterocycles. The van der Waals surface area contributed by atoms with Crippen LogP contribution in [0.2, 0.25) is 0 Å². The second-order valence-electron chi connectivity index (χ2n) is 6.98. The monoisotopic (exact) mass is 516 g/mol. The maximum absolute atomic E-state index is 4.80. The molecular formula is C24H25Cl3FeN3. The summed E-state index contributed by atoms with van der Waals surface area (Å²) in [4.78, 5) is 14.2. The van der Waals surface area contributed by atoms with Crippen molar-refractivity contribution >= 4 is 22.8 Å². The largest absolute Gasteiger partial charge is 3.00 e. The van der Waals surface area contributed by atoms with Gasteiger partial charge in [-0.15, -0.1) is 0 Å². The Balaban J connectivity index is 0. The fourth-order valence-electron chi connectivity index (χ4n) is 2.78. The van der Waals surface area contributed by atoms with E-state index in [1.54, 1.807) is 0 Å². The molecular weight excluding hydrogens is 492 g/mol. The van der Waals surface area contributed by atoms with Crippen molar-refractivity contribution in [3.05, 3.63) is 88.7 Å². The van der Waals surface area contributed by atoms with Crippen LogP contribution in [0.4, 0.5) is 11.4 Å². The van der Waals surface area contributed by atoms with Crippen molar-refractivity contribution in [2.24, 2.45) is 9.98 Å². The number of pyridine rings is 1. The summed E-state index contributed by atoms with van der Waals surface area (Å²) in [6, 6.07) is 20.5. The standard InChI is InChI=1S/C24H25N3.3ClH.Fe/c1-16-6-10-21(11-7-16)25-19(4)23-14-18(3)15-24(27-23)20(5)26-22-12-8-17(2)9-13-22;;;;/h6-15H,1-5H3;3*1H;/q;;;;+3/p-3. The fraction of sp³-hybridized carbons (Fsp3) is 0.208. The van der Waals surface area contributed by atoms with E-state index in [0.717, 1.165) is 39.7 Å². The van der Waals surface area contributed by atoms with Gasteiger partial charge in [0.05, 0.1) is 34.2 Å². The first-order chi connectivity index (χ1) is 12.9. The van der Waals surface area contributed by atoms with Crippen LogP contribution in [0.15, 0.2) is 70.6 Å². The Morgan fingerprint density at radius 1 is 0.581 bits per heavy atom. The third-order valence-corrected chi connectivity index (χ3v) is 4.37. The van der Waals surface area contributed by atoms with Crippen LogP contribution in [0.1, 0.15) is 41.9 Å². The topological polar surface area (TPSA) is 37.6 Å². The molecule has 0 saturated heterocycles. The van der Waals surface area contributed by atoms with Gasteiger partial charge in [-0.1, -0.05) is 35.4 Å². The van der Waals surface area contributed by atoms with Gasteiger partial charge in [0.2, 0.25) is 0 Å². The number of aryl methyl sites for hydroxylation is 3. The summed E-state index contributed by atoms with van der Waals surface area (Å²) >= 11 is 0. The van der Waals surface area contributed by atoms with E-state index >= 15 is 0 Å². The van der Waals surface area contributed by atoms with E-state index in [1.807, 2.05) is 38.1 Å². The van der Waals surface area contributed by atoms with E-state index in [1.165, 1.54) is 11.1 Å². The van der Waals surface area contributed by atoms with Gasteiger partial charge in [-0.25, -0.2) is 4.98 Å². The predicted octanol–water partition coefficient (Wildman–Crippen LogP) is -2.70. The molecule has 1 radical (unpaired) electrons. The van der Waals surface area contributed by atoms with Gasteiger partial charge in [0.15, 0.2) is 0 Å². The molecule has 31 heavy (non-hydrogen) atoms. The zero-order chi connectivity index (χ0) is 19.4. The van der Waals surface area contributed by atoms with Crippen molar-refractivity contribution in [3.63, 3.8) is 0 Å². The van der Waals surface area contributed by atoms with Crippen LogP contribution < -0.4 is 37.2 Å². The third kappa shape index (κ3) is 9.14. The van der Waals surface area contributed by atoms with Crippen LogP contribution in [0.3, 0.4) is 0 Å². The molecule has 0 atom stereocenters. The fourth-order valence-corrected chi connectivity index (χ4v) is 2.78. The smallest absolute Gasteiger partial charge is 1.00 e. The molecule has 0 N–H and O–H groups in total. The number of nitrogens with zero attached hydrogens (tertiary/aromatic N) is 3. The molecule has 7 heteroatoms. The number of halogens is 3. The Bertz CT molecular complexity index is 935. The molecule has 0 fully saturated rings. The number of aliphatic imine (C=N–C) groups is 2. The van der Waals surface area contributed by atoms with E-state index in [9.17, 15) is 0 Å². The molecule has 3 rings (SSSR count). The third-order valence-electron chi connectivity index (χ3n) is 4.37. The van der Waals surface area contributed by atoms with E-state index in [2.05, 4.69) is 57.2 Å². The van der Waals surface area contributed by atoms with E-state index < -0.39 is 0 Å². The molecule has 0 aliphatic rings. The van der Waals surface area contributed by atoms with Gasteiger partial charge in [-0.3, -0.25) is 9.98 Å². The maximum atomic E-state index is 4.80. The zero-order valence-corrected chi connectivity index (χ0v) is 21.5. The quantitative estimate of drug-likeness (QED) is 0.274. The van der Waals surface area contributed by atoms with Crippen molar-refractivity contribution in [2.75, 3.05) is 0 Å². The summed E-state index contributed by atoms with van der Waals surface area (Å²) in [6.45, 7) is 10.2. The first-order valence-electron chi connectivity index (χ1n) is 9.14. The Labute approximate surface area is 214 Å². The molecule has 0 aliphatic carbocycles. The summed E-state index contributed by atoms with van der Waals surface area (Å²) in [6.07, 6.45) is 0. The van der Waals surface area contributed by atoms with Gasteiger partial charge in [0.1, 0.15) is 0 Å². The number of hydrogen-bond donors (Lipinski definition) is 0. The molecule has 0 amide bonds. The number of aromatic nitrogens is 1. The first kappa shape index (κ1) is 31.5. The van der Waals surface area contributed by atoms with Gasteiger partial charge in [-0.05, 0) is 76.6 Å². The second kappa shape index (κ2) is 14.4. The molecule has 0 spiro atoms. The van der Waals surface area contributed by atoms with Gasteiger partial charge in [0, 0.05) is 0 Å². The minimum absolute atomic E-state index is 0. The summed E-state index contributed by atoms with van der Waals surface area (Å²) in [5.74, 6) is 0. The predicted molar refractivity (Wildman–Crippen MR) is 115 cm³/mol. The number of rotatable bonds is 4. The molecule has 2 aromatic carbocycles. The Morgan fingerprint density at radius 3 is 1.23 bits per heavy atom. The van der Waals surface area contributed by atoms with E-state index in [4.69, 9.17) is 15.0 Å². The number of hydrogen-bond acceptors (Lipinski definition) is 3. The summed E-state index contributed by atoms with van der Waals surface area (Å²) < 4.78 is 0. The van der Waals surface area contributed by atoms with Crippen LogP contribution in [-0.4, -0.2) is 16.4 Å². The molecule has 0 saturated carbocycles. The second-order valence-corrected chi connectivity index (χ2v) is 6.98. The van der Waals surface area contributed by atoms with E-state index in [0.29, 0.717) is 0 Å². The molecule has 0 unspecified atom stereocenters. The SMILES string of the molecule is CC(=Nc1ccc(C)cc1)c1cc(C)cc(C(C)=Nc2ccc(C)cc2)n1.[Cl-].[Cl-].[Cl-].[Fe+3]. The van der Waals surface area contributed by atoms with Gasteiger partial charge < -0.3 is 37.2 Å².